The summed E-state index contributed by atoms with van der Waals surface area (Å²) in [6.45, 7) is 9.13. The van der Waals surface area contributed by atoms with Gasteiger partial charge in [0.2, 0.25) is 0 Å². The molecule has 2 unspecified atom stereocenters. The molecule has 0 saturated carbocycles. The van der Waals surface area contributed by atoms with E-state index in [0.717, 1.165) is 11.8 Å². The number of halogens is 1. The molecular weight excluding hydrogens is 188 g/mol. The maximum atomic E-state index is 3.62. The third kappa shape index (κ3) is 3.05. The van der Waals surface area contributed by atoms with Crippen LogP contribution in [0.5, 0.6) is 0 Å². The molecule has 0 N–H and O–H groups in total. The standard InChI is InChI=1S/C9H19Br/c1-5-9(6-2)7(3)8(4)10/h7-9H,5-6H2,1-4H3. The first kappa shape index (κ1) is 10.5. The van der Waals surface area contributed by atoms with Crippen molar-refractivity contribution in [3.05, 3.63) is 0 Å². The second kappa shape index (κ2) is 5.17. The van der Waals surface area contributed by atoms with Crippen molar-refractivity contribution < 1.29 is 0 Å². The van der Waals surface area contributed by atoms with Crippen LogP contribution in [0.3, 0.4) is 0 Å². The van der Waals surface area contributed by atoms with Crippen LogP contribution < -0.4 is 0 Å². The average Bonchev–Trinajstić information content (AvgIpc) is 1.90. The maximum absolute atomic E-state index is 3.62. The highest BCUT2D eigenvalue weighted by Crippen LogP contribution is 2.25. The lowest BCUT2D eigenvalue weighted by atomic mass is 9.88. The van der Waals surface area contributed by atoms with Crippen LogP contribution in [0.15, 0.2) is 0 Å². The Morgan fingerprint density at radius 3 is 1.60 bits per heavy atom. The van der Waals surface area contributed by atoms with Gasteiger partial charge < -0.3 is 0 Å². The first-order chi connectivity index (χ1) is 4.63. The number of alkyl halides is 1. The van der Waals surface area contributed by atoms with Crippen LogP contribution in [0.25, 0.3) is 0 Å². The van der Waals surface area contributed by atoms with Gasteiger partial charge in [-0.1, -0.05) is 56.5 Å². The van der Waals surface area contributed by atoms with Gasteiger partial charge in [0.1, 0.15) is 0 Å². The van der Waals surface area contributed by atoms with Crippen molar-refractivity contribution in [1.29, 1.82) is 0 Å². The Hall–Kier alpha value is 0.480. The van der Waals surface area contributed by atoms with Crippen molar-refractivity contribution in [3.63, 3.8) is 0 Å². The third-order valence-corrected chi connectivity index (χ3v) is 3.35. The Morgan fingerprint density at radius 1 is 1.10 bits per heavy atom. The minimum absolute atomic E-state index is 0.664. The van der Waals surface area contributed by atoms with E-state index in [0.29, 0.717) is 4.83 Å². The van der Waals surface area contributed by atoms with Gasteiger partial charge in [0.05, 0.1) is 0 Å². The summed E-state index contributed by atoms with van der Waals surface area (Å²) < 4.78 is 0. The second-order valence-corrected chi connectivity index (χ2v) is 4.56. The van der Waals surface area contributed by atoms with Gasteiger partial charge in [-0.05, 0) is 11.8 Å². The fraction of sp³-hybridized carbons (Fsp3) is 1.00. The number of hydrogen-bond donors (Lipinski definition) is 0. The number of hydrogen-bond acceptors (Lipinski definition) is 0. The molecule has 0 amide bonds. The van der Waals surface area contributed by atoms with Crippen LogP contribution in [0.4, 0.5) is 0 Å². The van der Waals surface area contributed by atoms with Crippen molar-refractivity contribution >= 4 is 15.9 Å². The monoisotopic (exact) mass is 206 g/mol. The maximum Gasteiger partial charge on any atom is 0.0145 e. The van der Waals surface area contributed by atoms with Crippen LogP contribution >= 0.6 is 15.9 Å². The summed E-state index contributed by atoms with van der Waals surface area (Å²) >= 11 is 3.62. The zero-order valence-electron chi connectivity index (χ0n) is 7.52. The molecule has 0 fully saturated rings. The summed E-state index contributed by atoms with van der Waals surface area (Å²) in [5.74, 6) is 1.71. The number of rotatable bonds is 4. The highest BCUT2D eigenvalue weighted by Gasteiger charge is 2.17. The molecular formula is C9H19Br. The summed E-state index contributed by atoms with van der Waals surface area (Å²) in [6, 6.07) is 0. The van der Waals surface area contributed by atoms with Gasteiger partial charge in [0, 0.05) is 4.83 Å². The molecule has 0 rings (SSSR count). The predicted octanol–water partition coefficient (Wildman–Crippen LogP) is 3.84. The van der Waals surface area contributed by atoms with Crippen molar-refractivity contribution in [2.75, 3.05) is 0 Å². The van der Waals surface area contributed by atoms with E-state index in [-0.39, 0.29) is 0 Å². The topological polar surface area (TPSA) is 0 Å². The molecule has 0 nitrogen and oxygen atoms in total. The van der Waals surface area contributed by atoms with Crippen LogP contribution in [0.1, 0.15) is 40.5 Å². The molecule has 0 aliphatic rings. The van der Waals surface area contributed by atoms with Crippen LogP contribution in [0.2, 0.25) is 0 Å². The summed E-state index contributed by atoms with van der Waals surface area (Å²) in [4.78, 5) is 0.664. The van der Waals surface area contributed by atoms with Crippen LogP contribution in [-0.4, -0.2) is 4.83 Å². The summed E-state index contributed by atoms with van der Waals surface area (Å²) in [5.41, 5.74) is 0. The zero-order chi connectivity index (χ0) is 8.15. The van der Waals surface area contributed by atoms with Gasteiger partial charge in [-0.3, -0.25) is 0 Å². The van der Waals surface area contributed by atoms with Gasteiger partial charge >= 0.3 is 0 Å². The van der Waals surface area contributed by atoms with E-state index in [9.17, 15) is 0 Å². The van der Waals surface area contributed by atoms with Crippen molar-refractivity contribution in [2.24, 2.45) is 11.8 Å². The Kier molecular flexibility index (Phi) is 5.42. The van der Waals surface area contributed by atoms with E-state index in [1.165, 1.54) is 12.8 Å². The summed E-state index contributed by atoms with van der Waals surface area (Å²) in [5, 5.41) is 0. The molecule has 0 aliphatic heterocycles. The van der Waals surface area contributed by atoms with E-state index in [4.69, 9.17) is 0 Å². The lowest BCUT2D eigenvalue weighted by molar-refractivity contribution is 0.338. The van der Waals surface area contributed by atoms with E-state index >= 15 is 0 Å². The Bertz CT molecular complexity index is 74.8. The van der Waals surface area contributed by atoms with Gasteiger partial charge in [-0.25, -0.2) is 0 Å². The molecule has 2 atom stereocenters. The quantitative estimate of drug-likeness (QED) is 0.614. The van der Waals surface area contributed by atoms with Gasteiger partial charge in [-0.2, -0.15) is 0 Å². The molecule has 0 aliphatic carbocycles. The molecule has 62 valence electrons. The van der Waals surface area contributed by atoms with Crippen molar-refractivity contribution in [3.8, 4) is 0 Å². The van der Waals surface area contributed by atoms with E-state index in [1.807, 2.05) is 0 Å². The molecule has 0 aromatic rings. The molecule has 0 spiro atoms. The summed E-state index contributed by atoms with van der Waals surface area (Å²) in [6.07, 6.45) is 2.63. The van der Waals surface area contributed by atoms with Gasteiger partial charge in [0.15, 0.2) is 0 Å². The Morgan fingerprint density at radius 2 is 1.50 bits per heavy atom. The van der Waals surface area contributed by atoms with Crippen LogP contribution in [0, 0.1) is 11.8 Å². The fourth-order valence-corrected chi connectivity index (χ4v) is 1.84. The Labute approximate surface area is 73.5 Å². The van der Waals surface area contributed by atoms with E-state index < -0.39 is 0 Å². The molecule has 0 radical (unpaired) electrons. The molecule has 0 heterocycles. The largest absolute Gasteiger partial charge is 0.0891 e. The highest BCUT2D eigenvalue weighted by atomic mass is 79.9. The molecule has 0 aromatic heterocycles. The first-order valence-corrected chi connectivity index (χ1v) is 5.19. The van der Waals surface area contributed by atoms with Crippen molar-refractivity contribution in [1.82, 2.24) is 0 Å². The lowest BCUT2D eigenvalue weighted by Gasteiger charge is -2.23. The van der Waals surface area contributed by atoms with Crippen molar-refractivity contribution in [2.45, 2.75) is 45.4 Å². The molecule has 10 heavy (non-hydrogen) atoms. The molecule has 0 saturated heterocycles. The van der Waals surface area contributed by atoms with E-state index in [2.05, 4.69) is 43.6 Å². The lowest BCUT2D eigenvalue weighted by Crippen LogP contribution is -2.17. The second-order valence-electron chi connectivity index (χ2n) is 3.11. The smallest absolute Gasteiger partial charge is 0.0145 e. The SMILES string of the molecule is CCC(CC)C(C)C(C)Br. The molecule has 1 heteroatoms. The van der Waals surface area contributed by atoms with Gasteiger partial charge in [0.25, 0.3) is 0 Å². The first-order valence-electron chi connectivity index (χ1n) is 4.27. The van der Waals surface area contributed by atoms with E-state index in [1.54, 1.807) is 0 Å². The predicted molar refractivity (Wildman–Crippen MR) is 51.6 cm³/mol. The third-order valence-electron chi connectivity index (χ3n) is 2.52. The fourth-order valence-electron chi connectivity index (χ4n) is 1.41. The summed E-state index contributed by atoms with van der Waals surface area (Å²) in [7, 11) is 0. The van der Waals surface area contributed by atoms with Gasteiger partial charge in [-0.15, -0.1) is 0 Å². The normalized spacial score (nSPS) is 17.4. The Balaban J connectivity index is 3.76. The van der Waals surface area contributed by atoms with Crippen LogP contribution in [-0.2, 0) is 0 Å². The zero-order valence-corrected chi connectivity index (χ0v) is 9.11. The average molecular weight is 207 g/mol. The molecule has 0 aromatic carbocycles. The highest BCUT2D eigenvalue weighted by molar-refractivity contribution is 9.09. The minimum atomic E-state index is 0.664. The molecule has 0 bridgehead atoms. The minimum Gasteiger partial charge on any atom is -0.0891 e.